The van der Waals surface area contributed by atoms with Gasteiger partial charge in [0, 0.05) is 18.6 Å². The van der Waals surface area contributed by atoms with Gasteiger partial charge in [-0.1, -0.05) is 0 Å². The fourth-order valence-corrected chi connectivity index (χ4v) is 3.10. The Hall–Kier alpha value is -1.56. The van der Waals surface area contributed by atoms with E-state index in [0.717, 1.165) is 19.4 Å². The summed E-state index contributed by atoms with van der Waals surface area (Å²) in [7, 11) is 0. The SMILES string of the molecule is Nc1[nH]ncc1C(=O)NC1CCN2CCCC2C1. The number of piperidine rings is 1. The summed E-state index contributed by atoms with van der Waals surface area (Å²) in [6, 6.07) is 0.928. The number of nitrogen functional groups attached to an aromatic ring is 1. The van der Waals surface area contributed by atoms with E-state index in [4.69, 9.17) is 5.73 Å². The number of hydrogen-bond donors (Lipinski definition) is 3. The molecule has 1 aromatic rings. The largest absolute Gasteiger partial charge is 0.383 e. The molecule has 2 aliphatic heterocycles. The number of fused-ring (bicyclic) bond motifs is 1. The minimum absolute atomic E-state index is 0.113. The van der Waals surface area contributed by atoms with Crippen LogP contribution in [0.15, 0.2) is 6.20 Å². The van der Waals surface area contributed by atoms with Crippen LogP contribution in [0.5, 0.6) is 0 Å². The standard InChI is InChI=1S/C12H19N5O/c13-11-10(7-14-16-11)12(18)15-8-3-5-17-4-1-2-9(17)6-8/h7-9H,1-6H2,(H,15,18)(H3,13,14,16). The molecule has 3 heterocycles. The van der Waals surface area contributed by atoms with Gasteiger partial charge in [0.1, 0.15) is 11.4 Å². The Morgan fingerprint density at radius 2 is 2.39 bits per heavy atom. The molecule has 0 radical (unpaired) electrons. The molecule has 0 aliphatic carbocycles. The maximum Gasteiger partial charge on any atom is 0.256 e. The van der Waals surface area contributed by atoms with Crippen LogP contribution in [0.25, 0.3) is 0 Å². The maximum atomic E-state index is 12.0. The first-order chi connectivity index (χ1) is 8.74. The Balaban J connectivity index is 1.60. The van der Waals surface area contributed by atoms with Crippen LogP contribution in [0.2, 0.25) is 0 Å². The molecule has 2 fully saturated rings. The first kappa shape index (κ1) is 11.5. The van der Waals surface area contributed by atoms with Gasteiger partial charge in [-0.15, -0.1) is 0 Å². The summed E-state index contributed by atoms with van der Waals surface area (Å²) in [5, 5.41) is 9.42. The molecule has 1 amide bonds. The Labute approximate surface area is 106 Å². The monoisotopic (exact) mass is 249 g/mol. The number of anilines is 1. The molecular formula is C12H19N5O. The number of nitrogens with two attached hydrogens (primary N) is 1. The van der Waals surface area contributed by atoms with Crippen LogP contribution in [0.1, 0.15) is 36.0 Å². The summed E-state index contributed by atoms with van der Waals surface area (Å²) in [6.07, 6.45) is 6.12. The lowest BCUT2D eigenvalue weighted by Crippen LogP contribution is -2.47. The van der Waals surface area contributed by atoms with E-state index >= 15 is 0 Å². The molecule has 2 atom stereocenters. The van der Waals surface area contributed by atoms with Gasteiger partial charge in [0.25, 0.3) is 5.91 Å². The summed E-state index contributed by atoms with van der Waals surface area (Å²) < 4.78 is 0. The Kier molecular flexibility index (Phi) is 2.95. The lowest BCUT2D eigenvalue weighted by molar-refractivity contribution is 0.0897. The van der Waals surface area contributed by atoms with Crippen molar-refractivity contribution in [1.29, 1.82) is 0 Å². The predicted molar refractivity (Wildman–Crippen MR) is 68.1 cm³/mol. The maximum absolute atomic E-state index is 12.0. The number of nitrogens with zero attached hydrogens (tertiary/aromatic N) is 2. The molecule has 4 N–H and O–H groups in total. The number of carbonyl (C=O) groups is 1. The normalized spacial score (nSPS) is 28.0. The van der Waals surface area contributed by atoms with Crippen molar-refractivity contribution in [2.45, 2.75) is 37.8 Å². The first-order valence-electron chi connectivity index (χ1n) is 6.58. The van der Waals surface area contributed by atoms with Gasteiger partial charge >= 0.3 is 0 Å². The molecule has 0 aromatic carbocycles. The van der Waals surface area contributed by atoms with Gasteiger partial charge in [-0.25, -0.2) is 0 Å². The molecule has 18 heavy (non-hydrogen) atoms. The third-order valence-electron chi connectivity index (χ3n) is 4.07. The van der Waals surface area contributed by atoms with Gasteiger partial charge in [-0.2, -0.15) is 5.10 Å². The zero-order chi connectivity index (χ0) is 12.5. The van der Waals surface area contributed by atoms with E-state index in [2.05, 4.69) is 20.4 Å². The Morgan fingerprint density at radius 3 is 3.17 bits per heavy atom. The van der Waals surface area contributed by atoms with Gasteiger partial charge in [0.2, 0.25) is 0 Å². The van der Waals surface area contributed by atoms with E-state index in [1.165, 1.54) is 25.6 Å². The number of hydrogen-bond acceptors (Lipinski definition) is 4. The van der Waals surface area contributed by atoms with Crippen molar-refractivity contribution < 1.29 is 4.79 Å². The molecule has 0 bridgehead atoms. The summed E-state index contributed by atoms with van der Waals surface area (Å²) in [6.45, 7) is 2.32. The third-order valence-corrected chi connectivity index (χ3v) is 4.07. The molecule has 2 aliphatic rings. The van der Waals surface area contributed by atoms with Crippen molar-refractivity contribution in [3.8, 4) is 0 Å². The van der Waals surface area contributed by atoms with Crippen LogP contribution in [0.4, 0.5) is 5.82 Å². The summed E-state index contributed by atoms with van der Waals surface area (Å²) in [4.78, 5) is 14.6. The Bertz CT molecular complexity index is 443. The molecule has 98 valence electrons. The minimum Gasteiger partial charge on any atom is -0.383 e. The van der Waals surface area contributed by atoms with Crippen LogP contribution in [0.3, 0.4) is 0 Å². The number of aromatic amines is 1. The van der Waals surface area contributed by atoms with Crippen LogP contribution >= 0.6 is 0 Å². The van der Waals surface area contributed by atoms with Crippen molar-refractivity contribution in [2.75, 3.05) is 18.8 Å². The summed E-state index contributed by atoms with van der Waals surface area (Å²) >= 11 is 0. The smallest absolute Gasteiger partial charge is 0.256 e. The number of aromatic nitrogens is 2. The molecular weight excluding hydrogens is 230 g/mol. The quantitative estimate of drug-likeness (QED) is 0.705. The highest BCUT2D eigenvalue weighted by atomic mass is 16.1. The second kappa shape index (κ2) is 4.61. The van der Waals surface area contributed by atoms with Gasteiger partial charge < -0.3 is 16.0 Å². The second-order valence-corrected chi connectivity index (χ2v) is 5.22. The van der Waals surface area contributed by atoms with E-state index in [1.807, 2.05) is 0 Å². The molecule has 0 spiro atoms. The predicted octanol–water partition coefficient (Wildman–Crippen LogP) is 0.348. The molecule has 2 unspecified atom stereocenters. The molecule has 6 heteroatoms. The van der Waals surface area contributed by atoms with Crippen molar-refractivity contribution in [2.24, 2.45) is 0 Å². The first-order valence-corrected chi connectivity index (χ1v) is 6.58. The zero-order valence-corrected chi connectivity index (χ0v) is 10.4. The highest BCUT2D eigenvalue weighted by molar-refractivity contribution is 5.98. The third kappa shape index (κ3) is 2.08. The van der Waals surface area contributed by atoms with Crippen LogP contribution in [-0.4, -0.2) is 46.2 Å². The van der Waals surface area contributed by atoms with Gasteiger partial charge in [-0.05, 0) is 32.2 Å². The second-order valence-electron chi connectivity index (χ2n) is 5.22. The van der Waals surface area contributed by atoms with Crippen molar-refractivity contribution >= 4 is 11.7 Å². The summed E-state index contributed by atoms with van der Waals surface area (Å²) in [5.74, 6) is 0.225. The molecule has 3 rings (SSSR count). The average Bonchev–Trinajstić information content (AvgIpc) is 2.96. The van der Waals surface area contributed by atoms with Crippen LogP contribution in [-0.2, 0) is 0 Å². The fourth-order valence-electron chi connectivity index (χ4n) is 3.10. The van der Waals surface area contributed by atoms with E-state index in [1.54, 1.807) is 0 Å². The number of carbonyl (C=O) groups excluding carboxylic acids is 1. The van der Waals surface area contributed by atoms with Crippen molar-refractivity contribution in [3.05, 3.63) is 11.8 Å². The zero-order valence-electron chi connectivity index (χ0n) is 10.4. The van der Waals surface area contributed by atoms with E-state index < -0.39 is 0 Å². The van der Waals surface area contributed by atoms with Gasteiger partial charge in [-0.3, -0.25) is 9.89 Å². The number of nitrogens with one attached hydrogen (secondary N) is 2. The lowest BCUT2D eigenvalue weighted by atomic mass is 9.97. The minimum atomic E-state index is -0.113. The number of rotatable bonds is 2. The summed E-state index contributed by atoms with van der Waals surface area (Å²) in [5.41, 5.74) is 6.09. The lowest BCUT2D eigenvalue weighted by Gasteiger charge is -2.35. The highest BCUT2D eigenvalue weighted by Crippen LogP contribution is 2.27. The highest BCUT2D eigenvalue weighted by Gasteiger charge is 2.32. The van der Waals surface area contributed by atoms with E-state index in [0.29, 0.717) is 17.4 Å². The van der Waals surface area contributed by atoms with Crippen molar-refractivity contribution in [1.82, 2.24) is 20.4 Å². The fraction of sp³-hybridized carbons (Fsp3) is 0.667. The topological polar surface area (TPSA) is 87.0 Å². The molecule has 6 nitrogen and oxygen atoms in total. The molecule has 0 saturated carbocycles. The van der Waals surface area contributed by atoms with E-state index in [9.17, 15) is 4.79 Å². The van der Waals surface area contributed by atoms with E-state index in [-0.39, 0.29) is 11.9 Å². The average molecular weight is 249 g/mol. The Morgan fingerprint density at radius 1 is 1.50 bits per heavy atom. The molecule has 1 aromatic heterocycles. The van der Waals surface area contributed by atoms with Crippen LogP contribution < -0.4 is 11.1 Å². The number of H-pyrrole nitrogens is 1. The van der Waals surface area contributed by atoms with Gasteiger partial charge in [0.15, 0.2) is 0 Å². The van der Waals surface area contributed by atoms with Gasteiger partial charge in [0.05, 0.1) is 6.20 Å². The van der Waals surface area contributed by atoms with Crippen molar-refractivity contribution in [3.63, 3.8) is 0 Å². The molecule has 2 saturated heterocycles. The number of amides is 1. The van der Waals surface area contributed by atoms with Crippen LogP contribution in [0, 0.1) is 0 Å².